The maximum Gasteiger partial charge on any atom is 0.336 e. The SMILES string of the molecule is CN1C(=O)N(C)C2=NNC(=O)NC2(c2ccc(N)c(N)c2)C1=O. The van der Waals surface area contributed by atoms with Gasteiger partial charge < -0.3 is 16.8 Å². The molecule has 1 atom stereocenters. The molecule has 3 rings (SSSR count). The molecule has 0 aromatic heterocycles. The van der Waals surface area contributed by atoms with Crippen molar-refractivity contribution in [3.8, 4) is 0 Å². The molecule has 1 aromatic rings. The van der Waals surface area contributed by atoms with Crippen LogP contribution in [0.3, 0.4) is 0 Å². The Labute approximate surface area is 131 Å². The second-order valence-electron chi connectivity index (χ2n) is 5.30. The summed E-state index contributed by atoms with van der Waals surface area (Å²) in [5, 5.41) is 6.45. The third-order valence-corrected chi connectivity index (χ3v) is 3.94. The van der Waals surface area contributed by atoms with Crippen LogP contribution in [0.5, 0.6) is 0 Å². The monoisotopic (exact) mass is 317 g/mol. The van der Waals surface area contributed by atoms with Gasteiger partial charge >= 0.3 is 12.1 Å². The van der Waals surface area contributed by atoms with Gasteiger partial charge in [-0.05, 0) is 17.7 Å². The largest absolute Gasteiger partial charge is 0.397 e. The number of nitrogens with two attached hydrogens (primary N) is 2. The van der Waals surface area contributed by atoms with Crippen LogP contribution in [0.25, 0.3) is 0 Å². The number of nitrogens with one attached hydrogen (secondary N) is 2. The molecule has 0 aliphatic carbocycles. The number of likely N-dealkylation sites (N-methyl/N-ethyl adjacent to an activating group) is 2. The Balaban J connectivity index is 2.28. The Morgan fingerprint density at radius 3 is 2.43 bits per heavy atom. The summed E-state index contributed by atoms with van der Waals surface area (Å²) in [6.07, 6.45) is 0. The first kappa shape index (κ1) is 14.6. The number of rotatable bonds is 1. The van der Waals surface area contributed by atoms with E-state index in [1.165, 1.54) is 31.1 Å². The standard InChI is InChI=1S/C13H15N7O3/c1-19-9-13(16-11(22)18-17-9,10(21)20(2)12(19)23)6-3-4-7(14)8(15)5-6/h3-5H,14-15H2,1-2H3,(H2,16,18,22). The number of hydrogen-bond acceptors (Lipinski definition) is 6. The Bertz CT molecular complexity index is 775. The molecule has 6 N–H and O–H groups in total. The third kappa shape index (κ3) is 1.81. The summed E-state index contributed by atoms with van der Waals surface area (Å²) in [6, 6.07) is 3.32. The van der Waals surface area contributed by atoms with Crippen LogP contribution in [0.2, 0.25) is 0 Å². The summed E-state index contributed by atoms with van der Waals surface area (Å²) in [5.74, 6) is -0.590. The molecular formula is C13H15N7O3. The van der Waals surface area contributed by atoms with Gasteiger partial charge in [-0.25, -0.2) is 15.0 Å². The van der Waals surface area contributed by atoms with Gasteiger partial charge in [0.25, 0.3) is 5.91 Å². The first-order chi connectivity index (χ1) is 10.8. The Morgan fingerprint density at radius 2 is 1.78 bits per heavy atom. The molecule has 0 bridgehead atoms. The van der Waals surface area contributed by atoms with Crippen molar-refractivity contribution < 1.29 is 14.4 Å². The summed E-state index contributed by atoms with van der Waals surface area (Å²) in [6.45, 7) is 0. The van der Waals surface area contributed by atoms with Gasteiger partial charge in [0, 0.05) is 14.1 Å². The van der Waals surface area contributed by atoms with E-state index in [0.717, 1.165) is 4.90 Å². The molecule has 10 nitrogen and oxygen atoms in total. The molecule has 1 saturated heterocycles. The number of carbonyl (C=O) groups excluding carboxylic acids is 3. The molecule has 2 aliphatic rings. The maximum absolute atomic E-state index is 12.9. The van der Waals surface area contributed by atoms with Gasteiger partial charge in [0.1, 0.15) is 0 Å². The predicted molar refractivity (Wildman–Crippen MR) is 82.0 cm³/mol. The fourth-order valence-corrected chi connectivity index (χ4v) is 2.70. The lowest BCUT2D eigenvalue weighted by Gasteiger charge is -2.45. The van der Waals surface area contributed by atoms with Crippen molar-refractivity contribution in [2.45, 2.75) is 5.54 Å². The van der Waals surface area contributed by atoms with Crippen LogP contribution < -0.4 is 22.2 Å². The average molecular weight is 317 g/mol. The van der Waals surface area contributed by atoms with Crippen LogP contribution in [-0.2, 0) is 10.3 Å². The molecule has 120 valence electrons. The fraction of sp³-hybridized carbons (Fsp3) is 0.231. The molecule has 10 heteroatoms. The van der Waals surface area contributed by atoms with E-state index in [1.54, 1.807) is 6.07 Å². The van der Waals surface area contributed by atoms with Crippen LogP contribution in [0.1, 0.15) is 5.56 Å². The lowest BCUT2D eigenvalue weighted by molar-refractivity contribution is -0.133. The van der Waals surface area contributed by atoms with Gasteiger partial charge in [-0.3, -0.25) is 14.6 Å². The molecule has 1 fully saturated rings. The highest BCUT2D eigenvalue weighted by Gasteiger charge is 2.57. The maximum atomic E-state index is 12.9. The number of amides is 5. The number of carbonyl (C=O) groups is 3. The lowest BCUT2D eigenvalue weighted by atomic mass is 9.84. The average Bonchev–Trinajstić information content (AvgIpc) is 2.53. The molecule has 1 aromatic carbocycles. The van der Waals surface area contributed by atoms with E-state index in [9.17, 15) is 14.4 Å². The highest BCUT2D eigenvalue weighted by Crippen LogP contribution is 2.34. The van der Waals surface area contributed by atoms with E-state index in [2.05, 4.69) is 15.8 Å². The van der Waals surface area contributed by atoms with E-state index in [0.29, 0.717) is 11.3 Å². The van der Waals surface area contributed by atoms with Crippen LogP contribution in [0, 0.1) is 0 Å². The van der Waals surface area contributed by atoms with Crippen molar-refractivity contribution in [3.05, 3.63) is 23.8 Å². The quantitative estimate of drug-likeness (QED) is 0.501. The number of anilines is 2. The van der Waals surface area contributed by atoms with Crippen LogP contribution in [-0.4, -0.2) is 47.7 Å². The van der Waals surface area contributed by atoms with Crippen molar-refractivity contribution in [1.29, 1.82) is 0 Å². The number of amidine groups is 1. The third-order valence-electron chi connectivity index (χ3n) is 3.94. The van der Waals surface area contributed by atoms with E-state index < -0.39 is 23.5 Å². The van der Waals surface area contributed by atoms with Crippen LogP contribution in [0.4, 0.5) is 21.0 Å². The first-order valence-electron chi connectivity index (χ1n) is 6.66. The molecule has 0 saturated carbocycles. The Kier molecular flexibility index (Phi) is 2.92. The van der Waals surface area contributed by atoms with E-state index in [4.69, 9.17) is 11.5 Å². The van der Waals surface area contributed by atoms with Gasteiger partial charge in [0.2, 0.25) is 5.54 Å². The molecule has 1 unspecified atom stereocenters. The summed E-state index contributed by atoms with van der Waals surface area (Å²) in [5.41, 5.74) is 13.0. The highest BCUT2D eigenvalue weighted by atomic mass is 16.2. The van der Waals surface area contributed by atoms with Gasteiger partial charge in [-0.2, -0.15) is 5.10 Å². The van der Waals surface area contributed by atoms with Crippen LogP contribution in [0.15, 0.2) is 23.3 Å². The second-order valence-corrected chi connectivity index (χ2v) is 5.30. The number of nitrogen functional groups attached to an aromatic ring is 2. The molecule has 5 amide bonds. The van der Waals surface area contributed by atoms with Gasteiger partial charge in [0.15, 0.2) is 5.84 Å². The number of benzene rings is 1. The van der Waals surface area contributed by atoms with E-state index in [1.807, 2.05) is 0 Å². The van der Waals surface area contributed by atoms with Gasteiger partial charge in [-0.1, -0.05) is 6.07 Å². The predicted octanol–water partition coefficient (Wildman–Crippen LogP) is -0.804. The normalized spacial score (nSPS) is 23.9. The highest BCUT2D eigenvalue weighted by molar-refractivity contribution is 6.25. The summed E-state index contributed by atoms with van der Waals surface area (Å²) < 4.78 is 0. The zero-order valence-corrected chi connectivity index (χ0v) is 12.5. The number of imide groups is 1. The lowest BCUT2D eigenvalue weighted by Crippen LogP contribution is -2.74. The topological polar surface area (TPSA) is 146 Å². The van der Waals surface area contributed by atoms with Crippen LogP contribution >= 0.6 is 0 Å². The molecule has 23 heavy (non-hydrogen) atoms. The summed E-state index contributed by atoms with van der Waals surface area (Å²) in [7, 11) is 2.78. The smallest absolute Gasteiger partial charge is 0.336 e. The number of fused-ring (bicyclic) bond motifs is 1. The fourth-order valence-electron chi connectivity index (χ4n) is 2.70. The van der Waals surface area contributed by atoms with E-state index in [-0.39, 0.29) is 11.5 Å². The minimum atomic E-state index is -1.65. The summed E-state index contributed by atoms with van der Waals surface area (Å²) in [4.78, 5) is 38.9. The number of hydrogen-bond donors (Lipinski definition) is 4. The number of nitrogens with zero attached hydrogens (tertiary/aromatic N) is 3. The van der Waals surface area contributed by atoms with Crippen molar-refractivity contribution in [2.75, 3.05) is 25.6 Å². The molecule has 0 radical (unpaired) electrons. The van der Waals surface area contributed by atoms with Crippen molar-refractivity contribution in [3.63, 3.8) is 0 Å². The van der Waals surface area contributed by atoms with Crippen molar-refractivity contribution >= 4 is 35.2 Å². The second kappa shape index (κ2) is 4.60. The molecule has 2 aliphatic heterocycles. The first-order valence-corrected chi connectivity index (χ1v) is 6.66. The molecule has 0 spiro atoms. The van der Waals surface area contributed by atoms with Gasteiger partial charge in [-0.15, -0.1) is 0 Å². The van der Waals surface area contributed by atoms with E-state index >= 15 is 0 Å². The van der Waals surface area contributed by atoms with Crippen molar-refractivity contribution in [2.24, 2.45) is 5.10 Å². The number of hydrazone groups is 1. The molecular weight excluding hydrogens is 302 g/mol. The van der Waals surface area contributed by atoms with Crippen molar-refractivity contribution in [1.82, 2.24) is 20.5 Å². The number of urea groups is 2. The minimum absolute atomic E-state index is 0.0503. The van der Waals surface area contributed by atoms with Gasteiger partial charge in [0.05, 0.1) is 11.4 Å². The zero-order valence-electron chi connectivity index (χ0n) is 12.5. The Morgan fingerprint density at radius 1 is 1.09 bits per heavy atom. The zero-order chi connectivity index (χ0) is 16.9. The molecule has 2 heterocycles. The minimum Gasteiger partial charge on any atom is -0.397 e. The summed E-state index contributed by atoms with van der Waals surface area (Å²) >= 11 is 0. The Hall–Kier alpha value is -3.30.